The summed E-state index contributed by atoms with van der Waals surface area (Å²) >= 11 is 1.49. The number of thiophene rings is 1. The Morgan fingerprint density at radius 1 is 1.35 bits per heavy atom. The largest absolute Gasteiger partial charge is 0.463 e. The maximum absolute atomic E-state index is 12.1. The monoisotopic (exact) mass is 329 g/mol. The Morgan fingerprint density at radius 2 is 2.13 bits per heavy atom. The second-order valence-corrected chi connectivity index (χ2v) is 6.82. The quantitative estimate of drug-likeness (QED) is 0.885. The summed E-state index contributed by atoms with van der Waals surface area (Å²) in [5, 5.41) is 2.91. The zero-order valence-electron chi connectivity index (χ0n) is 12.9. The van der Waals surface area contributed by atoms with E-state index in [4.69, 9.17) is 10.5 Å². The first kappa shape index (κ1) is 15.6. The van der Waals surface area contributed by atoms with Crippen molar-refractivity contribution in [2.45, 2.75) is 25.8 Å². The fourth-order valence-corrected chi connectivity index (χ4v) is 3.18. The van der Waals surface area contributed by atoms with E-state index in [1.54, 1.807) is 0 Å². The van der Waals surface area contributed by atoms with Crippen LogP contribution in [0.4, 0.5) is 5.69 Å². The molecule has 2 aromatic rings. The molecule has 0 aliphatic carbocycles. The van der Waals surface area contributed by atoms with Gasteiger partial charge in [0.05, 0.1) is 10.9 Å². The summed E-state index contributed by atoms with van der Waals surface area (Å²) in [6.45, 7) is 2.56. The molecule has 5 nitrogen and oxygen atoms in total. The Kier molecular flexibility index (Phi) is 4.62. The molecular weight excluding hydrogens is 310 g/mol. The number of nitrogens with one attached hydrogen (secondary N) is 1. The Balaban J connectivity index is 1.53. The number of ether oxygens (including phenoxy) is 1. The summed E-state index contributed by atoms with van der Waals surface area (Å²) in [6.07, 6.45) is 1.81. The van der Waals surface area contributed by atoms with Crippen LogP contribution in [0.5, 0.6) is 0 Å². The van der Waals surface area contributed by atoms with E-state index >= 15 is 0 Å². The van der Waals surface area contributed by atoms with Crippen molar-refractivity contribution < 1.29 is 9.53 Å². The number of amides is 1. The number of aryl methyl sites for hydroxylation is 2. The highest BCUT2D eigenvalue weighted by Crippen LogP contribution is 2.18. The van der Waals surface area contributed by atoms with Gasteiger partial charge in [-0.25, -0.2) is 4.99 Å². The van der Waals surface area contributed by atoms with Crippen molar-refractivity contribution >= 4 is 29.0 Å². The highest BCUT2D eigenvalue weighted by molar-refractivity contribution is 7.14. The molecule has 1 aliphatic heterocycles. The number of benzene rings is 1. The topological polar surface area (TPSA) is 76.7 Å². The predicted octanol–water partition coefficient (Wildman–Crippen LogP) is 2.95. The molecule has 1 aliphatic rings. The molecule has 3 rings (SSSR count). The van der Waals surface area contributed by atoms with Crippen molar-refractivity contribution in [3.05, 3.63) is 51.7 Å². The Morgan fingerprint density at radius 3 is 2.74 bits per heavy atom. The van der Waals surface area contributed by atoms with Gasteiger partial charge in [-0.3, -0.25) is 4.79 Å². The number of carbonyl (C=O) groups excluding carboxylic acids is 1. The number of nitrogens with two attached hydrogens (primary N) is 1. The lowest BCUT2D eigenvalue weighted by Crippen LogP contribution is -2.10. The van der Waals surface area contributed by atoms with Crippen LogP contribution in [0.1, 0.15) is 26.5 Å². The summed E-state index contributed by atoms with van der Waals surface area (Å²) < 4.78 is 5.14. The number of rotatable bonds is 5. The van der Waals surface area contributed by atoms with Crippen LogP contribution in [0.2, 0.25) is 0 Å². The molecule has 0 spiro atoms. The molecule has 2 heterocycles. The molecule has 0 radical (unpaired) electrons. The van der Waals surface area contributed by atoms with Gasteiger partial charge in [-0.2, -0.15) is 0 Å². The SMILES string of the molecule is Cc1ccc(C(=O)Nc2ccc(CCC3COC(N)=N3)cc2)s1. The Hall–Kier alpha value is -2.34. The van der Waals surface area contributed by atoms with E-state index in [0.717, 1.165) is 28.3 Å². The molecule has 1 amide bonds. The van der Waals surface area contributed by atoms with Gasteiger partial charge in [0.15, 0.2) is 0 Å². The highest BCUT2D eigenvalue weighted by Gasteiger charge is 2.16. The van der Waals surface area contributed by atoms with Crippen LogP contribution >= 0.6 is 11.3 Å². The maximum Gasteiger partial charge on any atom is 0.282 e. The molecule has 3 N–H and O–H groups in total. The fraction of sp³-hybridized carbons (Fsp3) is 0.294. The molecule has 23 heavy (non-hydrogen) atoms. The molecule has 1 atom stereocenters. The van der Waals surface area contributed by atoms with Crippen LogP contribution in [-0.4, -0.2) is 24.6 Å². The number of hydrogen-bond donors (Lipinski definition) is 2. The maximum atomic E-state index is 12.1. The van der Waals surface area contributed by atoms with E-state index < -0.39 is 0 Å². The first-order valence-corrected chi connectivity index (χ1v) is 8.34. The van der Waals surface area contributed by atoms with Crippen LogP contribution < -0.4 is 11.1 Å². The molecule has 1 unspecified atom stereocenters. The van der Waals surface area contributed by atoms with E-state index in [2.05, 4.69) is 10.3 Å². The van der Waals surface area contributed by atoms with E-state index in [1.807, 2.05) is 43.3 Å². The summed E-state index contributed by atoms with van der Waals surface area (Å²) in [5.41, 5.74) is 7.50. The van der Waals surface area contributed by atoms with Gasteiger partial charge in [-0.15, -0.1) is 11.3 Å². The van der Waals surface area contributed by atoms with Crippen LogP contribution in [-0.2, 0) is 11.2 Å². The molecule has 0 saturated heterocycles. The lowest BCUT2D eigenvalue weighted by molar-refractivity contribution is 0.103. The molecular formula is C17H19N3O2S. The van der Waals surface area contributed by atoms with Gasteiger partial charge in [0, 0.05) is 10.6 Å². The standard InChI is InChI=1S/C17H19N3O2S/c1-11-2-9-15(23-11)16(21)19-13-6-3-12(4-7-13)5-8-14-10-22-17(18)20-14/h2-4,6-7,9,14H,5,8,10H2,1H3,(H2,18,20)(H,19,21). The Bertz CT molecular complexity index is 722. The average Bonchev–Trinajstić information content (AvgIpc) is 3.15. The van der Waals surface area contributed by atoms with Gasteiger partial charge in [0.2, 0.25) is 0 Å². The van der Waals surface area contributed by atoms with Crippen molar-refractivity contribution in [2.75, 3.05) is 11.9 Å². The number of carbonyl (C=O) groups is 1. The third-order valence-electron chi connectivity index (χ3n) is 3.68. The molecule has 1 aromatic heterocycles. The number of aliphatic imine (C=N–C) groups is 1. The van der Waals surface area contributed by atoms with Crippen molar-refractivity contribution in [2.24, 2.45) is 10.7 Å². The van der Waals surface area contributed by atoms with Crippen LogP contribution in [0, 0.1) is 6.92 Å². The minimum Gasteiger partial charge on any atom is -0.463 e. The summed E-state index contributed by atoms with van der Waals surface area (Å²) in [6, 6.07) is 12.1. The van der Waals surface area contributed by atoms with Gasteiger partial charge in [0.25, 0.3) is 11.9 Å². The zero-order valence-corrected chi connectivity index (χ0v) is 13.7. The fourth-order valence-electron chi connectivity index (χ4n) is 2.42. The zero-order chi connectivity index (χ0) is 16.2. The lowest BCUT2D eigenvalue weighted by Gasteiger charge is -2.07. The van der Waals surface area contributed by atoms with E-state index in [0.29, 0.717) is 6.61 Å². The summed E-state index contributed by atoms with van der Waals surface area (Å²) in [4.78, 5) is 18.2. The smallest absolute Gasteiger partial charge is 0.282 e. The summed E-state index contributed by atoms with van der Waals surface area (Å²) in [5.74, 6) is -0.0660. The van der Waals surface area contributed by atoms with Gasteiger partial charge in [-0.05, 0) is 49.6 Å². The van der Waals surface area contributed by atoms with Crippen molar-refractivity contribution in [3.8, 4) is 0 Å². The van der Waals surface area contributed by atoms with Crippen molar-refractivity contribution in [1.29, 1.82) is 0 Å². The van der Waals surface area contributed by atoms with Gasteiger partial charge in [0.1, 0.15) is 6.61 Å². The third-order valence-corrected chi connectivity index (χ3v) is 4.68. The van der Waals surface area contributed by atoms with Crippen LogP contribution in [0.3, 0.4) is 0 Å². The van der Waals surface area contributed by atoms with Gasteiger partial charge >= 0.3 is 0 Å². The second-order valence-electron chi connectivity index (χ2n) is 5.53. The van der Waals surface area contributed by atoms with Crippen molar-refractivity contribution in [3.63, 3.8) is 0 Å². The van der Waals surface area contributed by atoms with E-state index in [1.165, 1.54) is 16.9 Å². The predicted molar refractivity (Wildman–Crippen MR) is 93.1 cm³/mol. The van der Waals surface area contributed by atoms with Gasteiger partial charge < -0.3 is 15.8 Å². The van der Waals surface area contributed by atoms with E-state index in [9.17, 15) is 4.79 Å². The average molecular weight is 329 g/mol. The first-order valence-electron chi connectivity index (χ1n) is 7.53. The van der Waals surface area contributed by atoms with Crippen LogP contribution in [0.25, 0.3) is 0 Å². The third kappa shape index (κ3) is 4.10. The Labute approximate surface area is 139 Å². The molecule has 0 saturated carbocycles. The number of anilines is 1. The minimum absolute atomic E-state index is 0.0660. The highest BCUT2D eigenvalue weighted by atomic mass is 32.1. The molecule has 1 aromatic carbocycles. The molecule has 0 bridgehead atoms. The summed E-state index contributed by atoms with van der Waals surface area (Å²) in [7, 11) is 0. The second kappa shape index (κ2) is 6.83. The number of hydrogen-bond acceptors (Lipinski definition) is 5. The van der Waals surface area contributed by atoms with E-state index in [-0.39, 0.29) is 18.0 Å². The molecule has 6 heteroatoms. The lowest BCUT2D eigenvalue weighted by atomic mass is 10.1. The van der Waals surface area contributed by atoms with Crippen LogP contribution in [0.15, 0.2) is 41.4 Å². The van der Waals surface area contributed by atoms with Crippen molar-refractivity contribution in [1.82, 2.24) is 0 Å². The number of amidine groups is 1. The normalized spacial score (nSPS) is 16.7. The first-order chi connectivity index (χ1) is 11.1. The molecule has 0 fully saturated rings. The number of nitrogens with zero attached hydrogens (tertiary/aromatic N) is 1. The minimum atomic E-state index is -0.0660. The molecule has 120 valence electrons. The van der Waals surface area contributed by atoms with Gasteiger partial charge in [-0.1, -0.05) is 12.1 Å².